The summed E-state index contributed by atoms with van der Waals surface area (Å²) in [6.45, 7) is 6.19. The standard InChI is InChI=1S/C9H18N4O2S/c1-8(2)7-15-5-6-16-9-10-11-12-13(9)3-4-14/h8,14H,3-7H2,1-2H3. The number of nitrogens with zero attached hydrogens (tertiary/aromatic N) is 4. The van der Waals surface area contributed by atoms with Crippen molar-refractivity contribution in [3.8, 4) is 0 Å². The van der Waals surface area contributed by atoms with Crippen molar-refractivity contribution in [3.05, 3.63) is 0 Å². The zero-order valence-electron chi connectivity index (χ0n) is 9.67. The first kappa shape index (κ1) is 13.4. The van der Waals surface area contributed by atoms with E-state index in [1.165, 1.54) is 11.8 Å². The van der Waals surface area contributed by atoms with Gasteiger partial charge in [0.05, 0.1) is 19.8 Å². The first-order chi connectivity index (χ1) is 7.74. The minimum absolute atomic E-state index is 0.0441. The number of aromatic nitrogens is 4. The zero-order chi connectivity index (χ0) is 11.8. The Morgan fingerprint density at radius 1 is 1.50 bits per heavy atom. The first-order valence-corrected chi connectivity index (χ1v) is 6.30. The molecule has 1 rings (SSSR count). The molecule has 0 saturated heterocycles. The minimum Gasteiger partial charge on any atom is -0.394 e. The van der Waals surface area contributed by atoms with Crippen LogP contribution in [0.25, 0.3) is 0 Å². The number of ether oxygens (including phenoxy) is 1. The second-order valence-corrected chi connectivity index (χ2v) is 4.79. The molecule has 1 aromatic rings. The molecule has 0 aliphatic rings. The summed E-state index contributed by atoms with van der Waals surface area (Å²) in [7, 11) is 0. The van der Waals surface area contributed by atoms with Crippen LogP contribution in [0.1, 0.15) is 13.8 Å². The first-order valence-electron chi connectivity index (χ1n) is 5.31. The number of hydrogen-bond donors (Lipinski definition) is 1. The summed E-state index contributed by atoms with van der Waals surface area (Å²) in [6.07, 6.45) is 0. The molecule has 92 valence electrons. The van der Waals surface area contributed by atoms with Crippen molar-refractivity contribution in [3.63, 3.8) is 0 Å². The zero-order valence-corrected chi connectivity index (χ0v) is 10.5. The summed E-state index contributed by atoms with van der Waals surface area (Å²) in [5.41, 5.74) is 0. The van der Waals surface area contributed by atoms with E-state index < -0.39 is 0 Å². The van der Waals surface area contributed by atoms with Gasteiger partial charge >= 0.3 is 0 Å². The van der Waals surface area contributed by atoms with Crippen LogP contribution in [-0.4, -0.2) is 50.9 Å². The molecule has 7 heteroatoms. The monoisotopic (exact) mass is 246 g/mol. The molecule has 0 bridgehead atoms. The van der Waals surface area contributed by atoms with Crippen LogP contribution in [-0.2, 0) is 11.3 Å². The third kappa shape index (κ3) is 4.91. The number of tetrazole rings is 1. The van der Waals surface area contributed by atoms with Gasteiger partial charge in [-0.15, -0.1) is 5.10 Å². The van der Waals surface area contributed by atoms with Crippen molar-refractivity contribution in [1.82, 2.24) is 20.2 Å². The fourth-order valence-electron chi connectivity index (χ4n) is 1.05. The summed E-state index contributed by atoms with van der Waals surface area (Å²) in [6, 6.07) is 0. The van der Waals surface area contributed by atoms with Gasteiger partial charge in [0.15, 0.2) is 0 Å². The van der Waals surface area contributed by atoms with E-state index in [9.17, 15) is 0 Å². The smallest absolute Gasteiger partial charge is 0.209 e. The topological polar surface area (TPSA) is 73.1 Å². The Bertz CT molecular complexity index is 293. The molecule has 0 atom stereocenters. The minimum atomic E-state index is 0.0441. The number of hydrogen-bond acceptors (Lipinski definition) is 6. The van der Waals surface area contributed by atoms with E-state index in [1.54, 1.807) is 4.68 Å². The fourth-order valence-corrected chi connectivity index (χ4v) is 1.80. The predicted octanol–water partition coefficient (Wildman–Crippen LogP) is 0.430. The summed E-state index contributed by atoms with van der Waals surface area (Å²) >= 11 is 1.54. The van der Waals surface area contributed by atoms with Crippen LogP contribution in [0.4, 0.5) is 0 Å². The van der Waals surface area contributed by atoms with Crippen LogP contribution in [0.2, 0.25) is 0 Å². The molecular weight excluding hydrogens is 228 g/mol. The molecule has 1 N–H and O–H groups in total. The molecule has 16 heavy (non-hydrogen) atoms. The van der Waals surface area contributed by atoms with E-state index in [0.29, 0.717) is 19.1 Å². The van der Waals surface area contributed by atoms with Crippen molar-refractivity contribution in [2.75, 3.05) is 25.6 Å². The Hall–Kier alpha value is -0.660. The molecule has 0 aliphatic carbocycles. The molecule has 0 fully saturated rings. The second-order valence-electron chi connectivity index (χ2n) is 3.73. The highest BCUT2D eigenvalue weighted by atomic mass is 32.2. The van der Waals surface area contributed by atoms with Gasteiger partial charge < -0.3 is 9.84 Å². The van der Waals surface area contributed by atoms with Crippen molar-refractivity contribution in [2.24, 2.45) is 5.92 Å². The molecule has 0 amide bonds. The molecule has 0 saturated carbocycles. The van der Waals surface area contributed by atoms with E-state index in [-0.39, 0.29) is 6.61 Å². The van der Waals surface area contributed by atoms with Crippen molar-refractivity contribution in [1.29, 1.82) is 0 Å². The number of thioether (sulfide) groups is 1. The Morgan fingerprint density at radius 2 is 2.31 bits per heavy atom. The molecule has 6 nitrogen and oxygen atoms in total. The van der Waals surface area contributed by atoms with E-state index in [0.717, 1.165) is 17.5 Å². The van der Waals surface area contributed by atoms with Gasteiger partial charge in [0.1, 0.15) is 0 Å². The van der Waals surface area contributed by atoms with E-state index in [4.69, 9.17) is 9.84 Å². The Kier molecular flexibility index (Phi) is 6.36. The van der Waals surface area contributed by atoms with Gasteiger partial charge in [0.25, 0.3) is 0 Å². The van der Waals surface area contributed by atoms with Gasteiger partial charge in [-0.2, -0.15) is 0 Å². The van der Waals surface area contributed by atoms with Crippen LogP contribution in [0.15, 0.2) is 5.16 Å². The molecule has 0 spiro atoms. The Labute approximate surface area is 99.4 Å². The average Bonchev–Trinajstić information content (AvgIpc) is 2.65. The largest absolute Gasteiger partial charge is 0.394 e. The van der Waals surface area contributed by atoms with Crippen LogP contribution in [0.3, 0.4) is 0 Å². The maximum atomic E-state index is 8.78. The maximum absolute atomic E-state index is 8.78. The van der Waals surface area contributed by atoms with Gasteiger partial charge in [-0.3, -0.25) is 0 Å². The Balaban J connectivity index is 2.18. The van der Waals surface area contributed by atoms with Gasteiger partial charge in [-0.05, 0) is 16.3 Å². The Morgan fingerprint density at radius 3 is 3.00 bits per heavy atom. The van der Waals surface area contributed by atoms with Crippen molar-refractivity contribution in [2.45, 2.75) is 25.5 Å². The highest BCUT2D eigenvalue weighted by Gasteiger charge is 2.05. The highest BCUT2D eigenvalue weighted by molar-refractivity contribution is 7.99. The third-order valence-corrected chi connectivity index (χ3v) is 2.64. The lowest BCUT2D eigenvalue weighted by atomic mass is 10.2. The lowest BCUT2D eigenvalue weighted by Gasteiger charge is -2.06. The summed E-state index contributed by atoms with van der Waals surface area (Å²) < 4.78 is 7.04. The molecule has 0 unspecified atom stereocenters. The lowest BCUT2D eigenvalue weighted by molar-refractivity contribution is 0.124. The molecule has 0 radical (unpaired) electrons. The number of rotatable bonds is 8. The van der Waals surface area contributed by atoms with Gasteiger partial charge in [0, 0.05) is 12.4 Å². The third-order valence-electron chi connectivity index (χ3n) is 1.72. The normalized spacial score (nSPS) is 11.2. The van der Waals surface area contributed by atoms with Gasteiger partial charge in [-0.25, -0.2) is 4.68 Å². The lowest BCUT2D eigenvalue weighted by Crippen LogP contribution is -2.08. The molecule has 1 heterocycles. The molecule has 0 aromatic carbocycles. The highest BCUT2D eigenvalue weighted by Crippen LogP contribution is 2.12. The summed E-state index contributed by atoms with van der Waals surface area (Å²) in [4.78, 5) is 0. The summed E-state index contributed by atoms with van der Waals surface area (Å²) in [5.74, 6) is 1.38. The molecule has 0 aliphatic heterocycles. The van der Waals surface area contributed by atoms with Crippen LogP contribution >= 0.6 is 11.8 Å². The van der Waals surface area contributed by atoms with Crippen LogP contribution in [0.5, 0.6) is 0 Å². The molecule has 1 aromatic heterocycles. The van der Waals surface area contributed by atoms with Crippen LogP contribution < -0.4 is 0 Å². The van der Waals surface area contributed by atoms with Gasteiger partial charge in [0.2, 0.25) is 5.16 Å². The number of aliphatic hydroxyl groups excluding tert-OH is 1. The second kappa shape index (κ2) is 7.59. The fraction of sp³-hybridized carbons (Fsp3) is 0.889. The van der Waals surface area contributed by atoms with E-state index in [2.05, 4.69) is 29.4 Å². The summed E-state index contributed by atoms with van der Waals surface area (Å²) in [5, 5.41) is 20.7. The average molecular weight is 246 g/mol. The van der Waals surface area contributed by atoms with Crippen LogP contribution in [0, 0.1) is 5.92 Å². The van der Waals surface area contributed by atoms with Crippen molar-refractivity contribution >= 4 is 11.8 Å². The predicted molar refractivity (Wildman–Crippen MR) is 61.3 cm³/mol. The van der Waals surface area contributed by atoms with Gasteiger partial charge in [-0.1, -0.05) is 25.6 Å². The maximum Gasteiger partial charge on any atom is 0.209 e. The SMILES string of the molecule is CC(C)COCCSc1nnnn1CCO. The van der Waals surface area contributed by atoms with Crippen molar-refractivity contribution < 1.29 is 9.84 Å². The van der Waals surface area contributed by atoms with E-state index >= 15 is 0 Å². The number of aliphatic hydroxyl groups is 1. The van der Waals surface area contributed by atoms with E-state index in [1.807, 2.05) is 0 Å². The quantitative estimate of drug-likeness (QED) is 0.530. The molecular formula is C9H18N4O2S.